The molecule has 55 heavy (non-hydrogen) atoms. The Bertz CT molecular complexity index is 1680. The second-order valence-electron chi connectivity index (χ2n) is 13.9. The molecule has 0 radical (unpaired) electrons. The Labute approximate surface area is 324 Å². The molecule has 3 aromatic rings. The fourth-order valence-electron chi connectivity index (χ4n) is 6.40. The van der Waals surface area contributed by atoms with E-state index in [1.165, 1.54) is 7.11 Å². The molecule has 14 heteroatoms. The Morgan fingerprint density at radius 3 is 2.02 bits per heavy atom. The Hall–Kier alpha value is -4.84. The van der Waals surface area contributed by atoms with E-state index >= 15 is 0 Å². The molecule has 5 amide bonds. The van der Waals surface area contributed by atoms with Crippen LogP contribution in [0.25, 0.3) is 11.1 Å². The van der Waals surface area contributed by atoms with Crippen LogP contribution in [0.2, 0.25) is 0 Å². The van der Waals surface area contributed by atoms with Crippen molar-refractivity contribution < 1.29 is 38.5 Å². The van der Waals surface area contributed by atoms with E-state index in [9.17, 15) is 24.0 Å². The van der Waals surface area contributed by atoms with Gasteiger partial charge in [0.1, 0.15) is 25.2 Å². The largest absolute Gasteiger partial charge is 0.449 e. The molecule has 0 aliphatic heterocycles. The van der Waals surface area contributed by atoms with E-state index in [0.717, 1.165) is 46.6 Å². The van der Waals surface area contributed by atoms with Gasteiger partial charge in [-0.1, -0.05) is 92.7 Å². The maximum Gasteiger partial charge on any atom is 0.407 e. The molecule has 0 aromatic heterocycles. The van der Waals surface area contributed by atoms with E-state index in [-0.39, 0.29) is 45.2 Å². The van der Waals surface area contributed by atoms with Crippen molar-refractivity contribution in [3.63, 3.8) is 0 Å². The molecule has 3 unspecified atom stereocenters. The molecular weight excluding hydrogens is 721 g/mol. The summed E-state index contributed by atoms with van der Waals surface area (Å²) in [5.74, 6) is -2.12. The number of fused-ring (bicyclic) bond motifs is 3. The van der Waals surface area contributed by atoms with Crippen LogP contribution in [-0.4, -0.2) is 101 Å². The summed E-state index contributed by atoms with van der Waals surface area (Å²) in [7, 11) is 1.24. The zero-order valence-electron chi connectivity index (χ0n) is 32.1. The minimum atomic E-state index is -1.06. The van der Waals surface area contributed by atoms with Crippen molar-refractivity contribution in [1.82, 2.24) is 26.6 Å². The average molecular weight is 776 g/mol. The molecule has 13 nitrogen and oxygen atoms in total. The van der Waals surface area contributed by atoms with Gasteiger partial charge in [-0.2, -0.15) is 0 Å². The summed E-state index contributed by atoms with van der Waals surface area (Å²) in [5.41, 5.74) is 5.13. The van der Waals surface area contributed by atoms with E-state index < -0.39 is 42.4 Å². The van der Waals surface area contributed by atoms with Crippen LogP contribution in [0.15, 0.2) is 78.9 Å². The zero-order valence-corrected chi connectivity index (χ0v) is 33.0. The molecule has 296 valence electrons. The Morgan fingerprint density at radius 2 is 1.36 bits per heavy atom. The number of ether oxygens (including phenoxy) is 1. The van der Waals surface area contributed by atoms with Gasteiger partial charge in [-0.3, -0.25) is 19.2 Å². The first-order chi connectivity index (χ1) is 26.5. The molecule has 0 heterocycles. The van der Waals surface area contributed by atoms with Crippen LogP contribution in [0, 0.1) is 5.92 Å². The summed E-state index contributed by atoms with van der Waals surface area (Å²) >= 11 is 0. The van der Waals surface area contributed by atoms with E-state index in [1.54, 1.807) is 0 Å². The van der Waals surface area contributed by atoms with E-state index in [4.69, 9.17) is 9.62 Å². The lowest BCUT2D eigenvalue weighted by Gasteiger charge is -2.24. The fraction of sp³-hybridized carbons (Fsp3) is 0.439. The van der Waals surface area contributed by atoms with Gasteiger partial charge in [-0.05, 0) is 65.6 Å². The predicted octanol–water partition coefficient (Wildman–Crippen LogP) is 4.10. The van der Waals surface area contributed by atoms with E-state index in [2.05, 4.69) is 38.1 Å². The number of benzene rings is 3. The third-order valence-corrected chi connectivity index (χ3v) is 11.2. The normalized spacial score (nSPS) is 13.5. The molecule has 0 bridgehead atoms. The van der Waals surface area contributed by atoms with Gasteiger partial charge < -0.3 is 31.3 Å². The molecule has 5 N–H and O–H groups in total. The second-order valence-corrected chi connectivity index (χ2v) is 16.5. The standard InChI is InChI=1S/C41H54N5O8P/c1-28(2)23-35(39(49)43-25-37(47)42-19-12-21-55(4)22-20-54-52-3)46-40(50)36(24-29-13-6-5-7-14-29)45-38(48)26-44-41(51)53-27-34-32-17-10-8-15-30(32)31-16-9-11-18-33(31)34/h5-11,13-18,28,34-36H,12,19-27H2,1-4H3,(H,42,47)(H,43,49)(H,44,51)(H,45,48)(H,46,50). The first kappa shape index (κ1) is 42.9. The average Bonchev–Trinajstić information content (AvgIpc) is 3.50. The third kappa shape index (κ3) is 14.1. The van der Waals surface area contributed by atoms with Crippen LogP contribution in [-0.2, 0) is 40.1 Å². The van der Waals surface area contributed by atoms with Crippen molar-refractivity contribution in [2.75, 3.05) is 58.9 Å². The predicted molar refractivity (Wildman–Crippen MR) is 213 cm³/mol. The van der Waals surface area contributed by atoms with Crippen LogP contribution >= 0.6 is 7.92 Å². The van der Waals surface area contributed by atoms with Gasteiger partial charge in [-0.25, -0.2) is 14.6 Å². The summed E-state index contributed by atoms with van der Waals surface area (Å²) in [6.45, 7) is 6.44. The number of carbonyl (C=O) groups excluding carboxylic acids is 5. The van der Waals surface area contributed by atoms with Crippen LogP contribution in [0.4, 0.5) is 4.79 Å². The van der Waals surface area contributed by atoms with Crippen molar-refractivity contribution in [2.24, 2.45) is 5.92 Å². The lowest BCUT2D eigenvalue weighted by Crippen LogP contribution is -2.56. The summed E-state index contributed by atoms with van der Waals surface area (Å²) in [6, 6.07) is 23.1. The molecule has 4 rings (SSSR count). The first-order valence-electron chi connectivity index (χ1n) is 18.7. The molecule has 3 atom stereocenters. The number of amides is 5. The minimum Gasteiger partial charge on any atom is -0.449 e. The van der Waals surface area contributed by atoms with Crippen LogP contribution < -0.4 is 26.6 Å². The summed E-state index contributed by atoms with van der Waals surface area (Å²) in [5, 5.41) is 13.5. The third-order valence-electron chi connectivity index (χ3n) is 9.15. The van der Waals surface area contributed by atoms with Gasteiger partial charge in [-0.15, -0.1) is 7.92 Å². The Balaban J connectivity index is 1.28. The molecule has 1 aliphatic rings. The highest BCUT2D eigenvalue weighted by molar-refractivity contribution is 7.56. The SMILES string of the molecule is COOCCP(C)CCCNC(=O)CNC(=O)C(CC(C)C)NC(=O)C(Cc1ccccc1)NC(=O)CNC(=O)OCC1c2ccccc2-c2ccccc21. The van der Waals surface area contributed by atoms with Crippen molar-refractivity contribution in [3.05, 3.63) is 95.6 Å². The number of hydrogen-bond donors (Lipinski definition) is 5. The minimum absolute atomic E-state index is 0.0340. The van der Waals surface area contributed by atoms with Gasteiger partial charge in [0.25, 0.3) is 0 Å². The number of rotatable bonds is 22. The van der Waals surface area contributed by atoms with Gasteiger partial charge >= 0.3 is 6.09 Å². The zero-order chi connectivity index (χ0) is 39.6. The van der Waals surface area contributed by atoms with E-state index in [0.29, 0.717) is 19.6 Å². The molecule has 3 aromatic carbocycles. The van der Waals surface area contributed by atoms with Crippen molar-refractivity contribution in [3.8, 4) is 11.1 Å². The number of carbonyl (C=O) groups is 5. The Kier molecular flexibility index (Phi) is 17.6. The maximum absolute atomic E-state index is 13.7. The molecule has 0 saturated carbocycles. The number of alkyl carbamates (subject to hydrolysis) is 1. The summed E-state index contributed by atoms with van der Waals surface area (Å²) in [6.07, 6.45) is 2.36. The Morgan fingerprint density at radius 1 is 0.727 bits per heavy atom. The van der Waals surface area contributed by atoms with Crippen molar-refractivity contribution in [1.29, 1.82) is 0 Å². The van der Waals surface area contributed by atoms with Crippen LogP contribution in [0.1, 0.15) is 49.3 Å². The highest BCUT2D eigenvalue weighted by Crippen LogP contribution is 2.44. The topological polar surface area (TPSA) is 173 Å². The van der Waals surface area contributed by atoms with Gasteiger partial charge in [0.2, 0.25) is 23.6 Å². The highest BCUT2D eigenvalue weighted by atomic mass is 31.1. The van der Waals surface area contributed by atoms with Gasteiger partial charge in [0.15, 0.2) is 0 Å². The lowest BCUT2D eigenvalue weighted by atomic mass is 9.98. The summed E-state index contributed by atoms with van der Waals surface area (Å²) in [4.78, 5) is 74.9. The fourth-order valence-corrected chi connectivity index (χ4v) is 7.71. The highest BCUT2D eigenvalue weighted by Gasteiger charge is 2.30. The monoisotopic (exact) mass is 775 g/mol. The number of hydrogen-bond acceptors (Lipinski definition) is 8. The second kappa shape index (κ2) is 22.5. The number of nitrogens with one attached hydrogen (secondary N) is 5. The molecule has 0 spiro atoms. The maximum atomic E-state index is 13.7. The molecular formula is C41H54N5O8P. The molecule has 0 saturated heterocycles. The van der Waals surface area contributed by atoms with Crippen molar-refractivity contribution in [2.45, 2.75) is 51.1 Å². The van der Waals surface area contributed by atoms with Crippen molar-refractivity contribution >= 4 is 37.6 Å². The molecule has 1 aliphatic carbocycles. The van der Waals surface area contributed by atoms with E-state index in [1.807, 2.05) is 92.7 Å². The molecule has 0 fully saturated rings. The smallest absolute Gasteiger partial charge is 0.407 e. The first-order valence-corrected chi connectivity index (χ1v) is 20.8. The summed E-state index contributed by atoms with van der Waals surface area (Å²) < 4.78 is 5.56. The van der Waals surface area contributed by atoms with Gasteiger partial charge in [0.05, 0.1) is 20.3 Å². The quantitative estimate of drug-likeness (QED) is 0.0440. The van der Waals surface area contributed by atoms with Crippen LogP contribution in [0.3, 0.4) is 0 Å². The van der Waals surface area contributed by atoms with Gasteiger partial charge in [0, 0.05) is 18.9 Å². The lowest BCUT2D eigenvalue weighted by molar-refractivity contribution is -0.267. The van der Waals surface area contributed by atoms with Crippen LogP contribution in [0.5, 0.6) is 0 Å².